The Labute approximate surface area is 163 Å². The Kier molecular flexibility index (Phi) is 6.68. The number of nitrogens with one attached hydrogen (secondary N) is 1. The molecule has 1 N–H and O–H groups in total. The highest BCUT2D eigenvalue weighted by atomic mass is 35.5. The summed E-state index contributed by atoms with van der Waals surface area (Å²) in [5.41, 5.74) is 3.02. The van der Waals surface area contributed by atoms with E-state index in [1.54, 1.807) is 37.3 Å². The molecule has 0 radical (unpaired) electrons. The molecule has 0 aliphatic carbocycles. The van der Waals surface area contributed by atoms with Gasteiger partial charge < -0.3 is 10.1 Å². The van der Waals surface area contributed by atoms with E-state index in [4.69, 9.17) is 27.9 Å². The lowest BCUT2D eigenvalue weighted by molar-refractivity contribution is -0.129. The lowest BCUT2D eigenvalue weighted by atomic mass is 10.0. The van der Waals surface area contributed by atoms with Crippen LogP contribution in [-0.4, -0.2) is 18.0 Å². The molecular formula is C20H21Cl2NO3. The third-order valence-electron chi connectivity index (χ3n) is 4.27. The molecule has 2 rings (SSSR count). The smallest absolute Gasteiger partial charge is 0.339 e. The summed E-state index contributed by atoms with van der Waals surface area (Å²) in [6.07, 6.45) is -0.934. The second-order valence-corrected chi connectivity index (χ2v) is 7.03. The van der Waals surface area contributed by atoms with Gasteiger partial charge >= 0.3 is 5.97 Å². The fraction of sp³-hybridized carbons (Fsp3) is 0.300. The van der Waals surface area contributed by atoms with E-state index in [0.29, 0.717) is 15.6 Å². The van der Waals surface area contributed by atoms with Crippen LogP contribution in [0.2, 0.25) is 10.0 Å². The summed E-state index contributed by atoms with van der Waals surface area (Å²) in [5.74, 6) is -0.923. The van der Waals surface area contributed by atoms with Gasteiger partial charge in [0, 0.05) is 10.0 Å². The summed E-state index contributed by atoms with van der Waals surface area (Å²) in [6, 6.07) is 10.1. The molecule has 0 bridgehead atoms. The van der Waals surface area contributed by atoms with Gasteiger partial charge in [0.25, 0.3) is 5.91 Å². The second-order valence-electron chi connectivity index (χ2n) is 6.19. The monoisotopic (exact) mass is 393 g/mol. The molecule has 26 heavy (non-hydrogen) atoms. The van der Waals surface area contributed by atoms with Gasteiger partial charge in [0.1, 0.15) is 0 Å². The average molecular weight is 394 g/mol. The summed E-state index contributed by atoms with van der Waals surface area (Å²) < 4.78 is 5.32. The molecule has 0 aliphatic heterocycles. The fourth-order valence-corrected chi connectivity index (χ4v) is 3.08. The number of rotatable bonds is 5. The van der Waals surface area contributed by atoms with Crippen molar-refractivity contribution in [2.45, 2.75) is 39.8 Å². The highest BCUT2D eigenvalue weighted by Crippen LogP contribution is 2.26. The molecular weight excluding hydrogens is 373 g/mol. The summed E-state index contributed by atoms with van der Waals surface area (Å²) in [6.45, 7) is 7.10. The van der Waals surface area contributed by atoms with Crippen LogP contribution in [0.5, 0.6) is 0 Å². The number of carbonyl (C=O) groups is 2. The molecule has 0 spiro atoms. The van der Waals surface area contributed by atoms with Crippen LogP contribution in [0.25, 0.3) is 0 Å². The minimum Gasteiger partial charge on any atom is -0.449 e. The van der Waals surface area contributed by atoms with Gasteiger partial charge in [-0.1, -0.05) is 41.4 Å². The number of hydrogen-bond donors (Lipinski definition) is 1. The van der Waals surface area contributed by atoms with Gasteiger partial charge in [-0.15, -0.1) is 0 Å². The van der Waals surface area contributed by atoms with E-state index in [1.165, 1.54) is 6.92 Å². The number of ether oxygens (including phenoxy) is 1. The van der Waals surface area contributed by atoms with E-state index in [-0.39, 0.29) is 6.04 Å². The maximum absolute atomic E-state index is 12.4. The molecule has 1 amide bonds. The van der Waals surface area contributed by atoms with Crippen LogP contribution in [0.15, 0.2) is 36.4 Å². The minimum absolute atomic E-state index is 0.353. The molecule has 0 heterocycles. The zero-order valence-electron chi connectivity index (χ0n) is 15.1. The van der Waals surface area contributed by atoms with Crippen LogP contribution in [0, 0.1) is 13.8 Å². The van der Waals surface area contributed by atoms with Crippen LogP contribution in [0.4, 0.5) is 0 Å². The number of halogens is 2. The number of carbonyl (C=O) groups excluding carboxylic acids is 2. The van der Waals surface area contributed by atoms with E-state index in [1.807, 2.05) is 19.9 Å². The van der Waals surface area contributed by atoms with Gasteiger partial charge in [-0.25, -0.2) is 4.79 Å². The van der Waals surface area contributed by atoms with Crippen LogP contribution < -0.4 is 5.32 Å². The Morgan fingerprint density at radius 1 is 1.08 bits per heavy atom. The number of amides is 1. The van der Waals surface area contributed by atoms with Gasteiger partial charge in [0.2, 0.25) is 0 Å². The van der Waals surface area contributed by atoms with Crippen molar-refractivity contribution < 1.29 is 14.3 Å². The highest BCUT2D eigenvalue weighted by Gasteiger charge is 2.22. The van der Waals surface area contributed by atoms with Crippen LogP contribution >= 0.6 is 23.2 Å². The largest absolute Gasteiger partial charge is 0.449 e. The van der Waals surface area contributed by atoms with Gasteiger partial charge in [-0.05, 0) is 62.6 Å². The Balaban J connectivity index is 2.03. The predicted molar refractivity (Wildman–Crippen MR) is 104 cm³/mol. The van der Waals surface area contributed by atoms with Gasteiger partial charge in [0.15, 0.2) is 6.10 Å². The fourth-order valence-electron chi connectivity index (χ4n) is 2.51. The van der Waals surface area contributed by atoms with E-state index < -0.39 is 18.0 Å². The van der Waals surface area contributed by atoms with E-state index in [0.717, 1.165) is 16.7 Å². The van der Waals surface area contributed by atoms with Crippen molar-refractivity contribution in [3.05, 3.63) is 68.7 Å². The van der Waals surface area contributed by atoms with Gasteiger partial charge in [-0.2, -0.15) is 0 Å². The zero-order chi connectivity index (χ0) is 19.4. The van der Waals surface area contributed by atoms with Gasteiger partial charge in [0.05, 0.1) is 11.6 Å². The normalized spacial score (nSPS) is 13.0. The molecule has 4 nitrogen and oxygen atoms in total. The topological polar surface area (TPSA) is 55.4 Å². The average Bonchev–Trinajstić information content (AvgIpc) is 2.56. The van der Waals surface area contributed by atoms with Crippen LogP contribution in [0.1, 0.15) is 46.9 Å². The lowest BCUT2D eigenvalue weighted by Crippen LogP contribution is -2.37. The Morgan fingerprint density at radius 3 is 2.42 bits per heavy atom. The minimum atomic E-state index is -0.934. The van der Waals surface area contributed by atoms with E-state index in [2.05, 4.69) is 5.32 Å². The van der Waals surface area contributed by atoms with E-state index >= 15 is 0 Å². The van der Waals surface area contributed by atoms with Crippen molar-refractivity contribution in [3.8, 4) is 0 Å². The summed E-state index contributed by atoms with van der Waals surface area (Å²) in [7, 11) is 0. The first-order chi connectivity index (χ1) is 12.2. The first-order valence-corrected chi connectivity index (χ1v) is 8.98. The Bertz CT molecular complexity index is 836. The number of esters is 1. The van der Waals surface area contributed by atoms with Gasteiger partial charge in [-0.3, -0.25) is 4.79 Å². The predicted octanol–water partition coefficient (Wildman–Crippen LogP) is 5.03. The van der Waals surface area contributed by atoms with Crippen LogP contribution in [-0.2, 0) is 9.53 Å². The zero-order valence-corrected chi connectivity index (χ0v) is 16.6. The third-order valence-corrected chi connectivity index (χ3v) is 4.83. The number of aryl methyl sites for hydroxylation is 1. The lowest BCUT2D eigenvalue weighted by Gasteiger charge is -2.19. The van der Waals surface area contributed by atoms with Crippen LogP contribution in [0.3, 0.4) is 0 Å². The van der Waals surface area contributed by atoms with Crippen molar-refractivity contribution in [2.24, 2.45) is 0 Å². The molecule has 0 unspecified atom stereocenters. The van der Waals surface area contributed by atoms with Crippen molar-refractivity contribution in [3.63, 3.8) is 0 Å². The summed E-state index contributed by atoms with van der Waals surface area (Å²) >= 11 is 12.1. The molecule has 0 aliphatic rings. The highest BCUT2D eigenvalue weighted by molar-refractivity contribution is 6.35. The second kappa shape index (κ2) is 8.56. The van der Waals surface area contributed by atoms with E-state index in [9.17, 15) is 9.59 Å². The SMILES string of the molecule is Cc1cccc(C(=O)O[C@H](C)C(=O)N[C@@H](C)c2ccc(Cl)cc2Cl)c1C. The first kappa shape index (κ1) is 20.3. The molecule has 138 valence electrons. The maximum Gasteiger partial charge on any atom is 0.339 e. The third kappa shape index (κ3) is 4.77. The van der Waals surface area contributed by atoms with Crippen molar-refractivity contribution in [1.29, 1.82) is 0 Å². The number of benzene rings is 2. The Hall–Kier alpha value is -2.04. The molecule has 2 aromatic rings. The van der Waals surface area contributed by atoms with Crippen molar-refractivity contribution in [1.82, 2.24) is 5.32 Å². The molecule has 0 saturated carbocycles. The molecule has 2 aromatic carbocycles. The molecule has 0 aromatic heterocycles. The first-order valence-electron chi connectivity index (χ1n) is 8.23. The number of hydrogen-bond acceptors (Lipinski definition) is 3. The molecule has 2 atom stereocenters. The molecule has 0 fully saturated rings. The quantitative estimate of drug-likeness (QED) is 0.724. The standard InChI is InChI=1S/C20H21Cl2NO3/c1-11-6-5-7-16(12(11)2)20(25)26-14(4)19(24)23-13(3)17-9-8-15(21)10-18(17)22/h5-10,13-14H,1-4H3,(H,23,24)/t13-,14+/m0/s1. The Morgan fingerprint density at radius 2 is 1.77 bits per heavy atom. The summed E-state index contributed by atoms with van der Waals surface area (Å²) in [5, 5.41) is 3.78. The summed E-state index contributed by atoms with van der Waals surface area (Å²) in [4.78, 5) is 24.7. The molecule has 6 heteroatoms. The van der Waals surface area contributed by atoms with Crippen molar-refractivity contribution in [2.75, 3.05) is 0 Å². The maximum atomic E-state index is 12.4. The van der Waals surface area contributed by atoms with Crippen molar-refractivity contribution >= 4 is 35.1 Å². The molecule has 0 saturated heterocycles.